The molecule has 3 rings (SSSR count). The molecule has 0 aliphatic rings. The monoisotopic (exact) mass is 434 g/mol. The molecule has 3 N–H and O–H groups in total. The average Bonchev–Trinajstić information content (AvgIpc) is 3.23. The van der Waals surface area contributed by atoms with Crippen molar-refractivity contribution in [3.8, 4) is 0 Å². The summed E-state index contributed by atoms with van der Waals surface area (Å²) in [5, 5.41) is 9.08. The van der Waals surface area contributed by atoms with E-state index < -0.39 is 0 Å². The van der Waals surface area contributed by atoms with Crippen LogP contribution in [0.5, 0.6) is 0 Å². The Morgan fingerprint density at radius 3 is 2.62 bits per heavy atom. The summed E-state index contributed by atoms with van der Waals surface area (Å²) in [6, 6.07) is 14.5. The van der Waals surface area contributed by atoms with Crippen LogP contribution in [0.4, 0.5) is 5.69 Å². The molecule has 0 fully saturated rings. The molecular weight excluding hydrogens is 404 g/mol. The molecule has 2 aromatic heterocycles. The van der Waals surface area contributed by atoms with E-state index in [2.05, 4.69) is 27.9 Å². The fraction of sp³-hybridized carbons (Fsp3) is 0.320. The minimum absolute atomic E-state index is 0.176. The molecule has 1 aromatic carbocycles. The number of anilines is 1. The molecule has 2 heterocycles. The first-order chi connectivity index (χ1) is 15.5. The molecule has 0 saturated heterocycles. The van der Waals surface area contributed by atoms with E-state index in [0.29, 0.717) is 36.0 Å². The van der Waals surface area contributed by atoms with Crippen molar-refractivity contribution in [3.05, 3.63) is 83.1 Å². The molecule has 32 heavy (non-hydrogen) atoms. The molecule has 7 nitrogen and oxygen atoms in total. The highest BCUT2D eigenvalue weighted by molar-refractivity contribution is 6.04. The molecule has 0 radical (unpaired) electrons. The quantitative estimate of drug-likeness (QED) is 0.414. The maximum Gasteiger partial charge on any atom is 0.274 e. The lowest BCUT2D eigenvalue weighted by Gasteiger charge is -2.13. The lowest BCUT2D eigenvalue weighted by atomic mass is 10.0. The highest BCUT2D eigenvalue weighted by Crippen LogP contribution is 2.21. The maximum atomic E-state index is 12.5. The van der Waals surface area contributed by atoms with Gasteiger partial charge in [-0.15, -0.1) is 0 Å². The maximum absolute atomic E-state index is 12.5. The van der Waals surface area contributed by atoms with E-state index >= 15 is 0 Å². The Hall–Kier alpha value is -3.45. The molecule has 0 unspecified atom stereocenters. The smallest absolute Gasteiger partial charge is 0.274 e. The first kappa shape index (κ1) is 23.2. The second-order valence-corrected chi connectivity index (χ2v) is 7.76. The van der Waals surface area contributed by atoms with Gasteiger partial charge in [-0.2, -0.15) is 0 Å². The van der Waals surface area contributed by atoms with Gasteiger partial charge in [0.15, 0.2) is 0 Å². The molecule has 3 aromatic rings. The van der Waals surface area contributed by atoms with Crippen LogP contribution in [-0.4, -0.2) is 29.9 Å². The van der Waals surface area contributed by atoms with Gasteiger partial charge in [-0.3, -0.25) is 14.6 Å². The number of aromatic nitrogens is 1. The second kappa shape index (κ2) is 11.2. The predicted octanol–water partition coefficient (Wildman–Crippen LogP) is 4.27. The summed E-state index contributed by atoms with van der Waals surface area (Å²) in [6.07, 6.45) is 2.49. The van der Waals surface area contributed by atoms with Crippen molar-refractivity contribution < 1.29 is 14.0 Å². The van der Waals surface area contributed by atoms with Gasteiger partial charge in [-0.25, -0.2) is 0 Å². The molecular formula is C25H30N4O3. The van der Waals surface area contributed by atoms with Crippen LogP contribution in [0.2, 0.25) is 0 Å². The molecule has 168 valence electrons. The number of hydrogen-bond acceptors (Lipinski definition) is 5. The molecule has 0 bridgehead atoms. The van der Waals surface area contributed by atoms with Crippen LogP contribution in [0.15, 0.2) is 59.1 Å². The summed E-state index contributed by atoms with van der Waals surface area (Å²) in [7, 11) is 0. The number of nitrogens with zero attached hydrogens (tertiary/aromatic N) is 1. The van der Waals surface area contributed by atoms with Crippen molar-refractivity contribution in [3.63, 3.8) is 0 Å². The Morgan fingerprint density at radius 2 is 1.94 bits per heavy atom. The van der Waals surface area contributed by atoms with E-state index in [1.807, 2.05) is 38.1 Å². The largest absolute Gasteiger partial charge is 0.466 e. The predicted molar refractivity (Wildman–Crippen MR) is 125 cm³/mol. The number of hydrogen-bond donors (Lipinski definition) is 3. The summed E-state index contributed by atoms with van der Waals surface area (Å²) < 4.78 is 5.70. The van der Waals surface area contributed by atoms with Gasteiger partial charge in [-0.05, 0) is 74.8 Å². The van der Waals surface area contributed by atoms with Crippen molar-refractivity contribution in [1.82, 2.24) is 15.6 Å². The van der Waals surface area contributed by atoms with E-state index in [0.717, 1.165) is 30.0 Å². The van der Waals surface area contributed by atoms with Gasteiger partial charge >= 0.3 is 0 Å². The Labute approximate surface area is 188 Å². The van der Waals surface area contributed by atoms with E-state index in [9.17, 15) is 9.59 Å². The number of carbonyl (C=O) groups excluding carboxylic acids is 2. The third-order valence-corrected chi connectivity index (χ3v) is 5.08. The Balaban J connectivity index is 1.65. The van der Waals surface area contributed by atoms with Crippen LogP contribution in [0.3, 0.4) is 0 Å². The van der Waals surface area contributed by atoms with Gasteiger partial charge in [0, 0.05) is 36.5 Å². The van der Waals surface area contributed by atoms with Gasteiger partial charge in [0.2, 0.25) is 0 Å². The van der Waals surface area contributed by atoms with E-state index in [-0.39, 0.29) is 11.8 Å². The molecule has 0 saturated carbocycles. The number of rotatable bonds is 10. The zero-order valence-corrected chi connectivity index (χ0v) is 18.8. The molecule has 2 amide bonds. The van der Waals surface area contributed by atoms with Gasteiger partial charge in [0.05, 0.1) is 0 Å². The molecule has 1 atom stereocenters. The Kier molecular flexibility index (Phi) is 8.16. The summed E-state index contributed by atoms with van der Waals surface area (Å²) in [5.41, 5.74) is 2.28. The van der Waals surface area contributed by atoms with Crippen LogP contribution in [0.25, 0.3) is 0 Å². The number of pyridine rings is 1. The van der Waals surface area contributed by atoms with Crippen molar-refractivity contribution in [1.29, 1.82) is 0 Å². The Morgan fingerprint density at radius 1 is 1.09 bits per heavy atom. The SMILES string of the molecule is CCNC(=O)c1cc(CNCC[C@H](C)c2ccc(C)o2)cc(NC(=O)c2ccccn2)c1. The summed E-state index contributed by atoms with van der Waals surface area (Å²) in [6.45, 7) is 7.85. The van der Waals surface area contributed by atoms with Crippen molar-refractivity contribution in [2.45, 2.75) is 39.7 Å². The third-order valence-electron chi connectivity index (χ3n) is 5.08. The van der Waals surface area contributed by atoms with Crippen molar-refractivity contribution in [2.24, 2.45) is 0 Å². The minimum atomic E-state index is -0.319. The minimum Gasteiger partial charge on any atom is -0.466 e. The van der Waals surface area contributed by atoms with Gasteiger partial charge in [0.25, 0.3) is 11.8 Å². The van der Waals surface area contributed by atoms with Crippen molar-refractivity contribution >= 4 is 17.5 Å². The summed E-state index contributed by atoms with van der Waals surface area (Å²) in [4.78, 5) is 29.0. The van der Waals surface area contributed by atoms with Gasteiger partial charge < -0.3 is 20.4 Å². The Bertz CT molecular complexity index is 1050. The first-order valence-corrected chi connectivity index (χ1v) is 10.9. The van der Waals surface area contributed by atoms with E-state index in [1.54, 1.807) is 30.5 Å². The lowest BCUT2D eigenvalue weighted by molar-refractivity contribution is 0.0954. The summed E-state index contributed by atoms with van der Waals surface area (Å²) in [5.74, 6) is 1.72. The first-order valence-electron chi connectivity index (χ1n) is 10.9. The number of aryl methyl sites for hydroxylation is 1. The molecule has 0 aliphatic heterocycles. The van der Waals surface area contributed by atoms with Crippen LogP contribution < -0.4 is 16.0 Å². The van der Waals surface area contributed by atoms with Gasteiger partial charge in [-0.1, -0.05) is 13.0 Å². The van der Waals surface area contributed by atoms with Crippen LogP contribution in [0, 0.1) is 6.92 Å². The fourth-order valence-corrected chi connectivity index (χ4v) is 3.36. The van der Waals surface area contributed by atoms with Crippen LogP contribution >= 0.6 is 0 Å². The highest BCUT2D eigenvalue weighted by atomic mass is 16.3. The number of carbonyl (C=O) groups is 2. The topological polar surface area (TPSA) is 96.3 Å². The standard InChI is InChI=1S/C25H30N4O3/c1-4-27-24(30)20-13-19(16-26-12-10-17(2)23-9-8-18(3)32-23)14-21(15-20)29-25(31)22-7-5-6-11-28-22/h5-9,11,13-15,17,26H,4,10,12,16H2,1-3H3,(H,27,30)(H,29,31)/t17-/m0/s1. The van der Waals surface area contributed by atoms with E-state index in [1.165, 1.54) is 0 Å². The van der Waals surface area contributed by atoms with Crippen LogP contribution in [-0.2, 0) is 6.54 Å². The molecule has 0 spiro atoms. The zero-order valence-electron chi connectivity index (χ0n) is 18.8. The fourth-order valence-electron chi connectivity index (χ4n) is 3.36. The van der Waals surface area contributed by atoms with Crippen molar-refractivity contribution in [2.75, 3.05) is 18.4 Å². The number of benzene rings is 1. The number of nitrogens with one attached hydrogen (secondary N) is 3. The lowest BCUT2D eigenvalue weighted by Crippen LogP contribution is -2.24. The highest BCUT2D eigenvalue weighted by Gasteiger charge is 2.13. The average molecular weight is 435 g/mol. The molecule has 7 heteroatoms. The zero-order chi connectivity index (χ0) is 22.9. The summed E-state index contributed by atoms with van der Waals surface area (Å²) >= 11 is 0. The second-order valence-electron chi connectivity index (χ2n) is 7.76. The van der Waals surface area contributed by atoms with Gasteiger partial charge in [0.1, 0.15) is 17.2 Å². The normalized spacial score (nSPS) is 11.7. The number of furan rings is 1. The number of amides is 2. The van der Waals surface area contributed by atoms with E-state index in [4.69, 9.17) is 4.42 Å². The third kappa shape index (κ3) is 6.52. The molecule has 0 aliphatic carbocycles. The van der Waals surface area contributed by atoms with Crippen LogP contribution in [0.1, 0.15) is 64.1 Å².